The SMILES string of the molecule is CN(C(=O)Cc1ccc(F)cc1)C1CN(C(=O)N2CCN(S(C)(=O)=O)CC2)CC1c1ccc(Cl)c(Cl)c1. The topological polar surface area (TPSA) is 81.2 Å². The third-order valence-electron chi connectivity index (χ3n) is 7.07. The summed E-state index contributed by atoms with van der Waals surface area (Å²) in [6, 6.07) is 10.6. The van der Waals surface area contributed by atoms with Crippen LogP contribution in [0.25, 0.3) is 0 Å². The number of benzene rings is 2. The Kier molecular flexibility index (Phi) is 8.32. The number of likely N-dealkylation sites (tertiary alicyclic amines) is 1. The van der Waals surface area contributed by atoms with Crippen LogP contribution in [-0.2, 0) is 21.2 Å². The number of likely N-dealkylation sites (N-methyl/N-ethyl adjacent to an activating group) is 1. The van der Waals surface area contributed by atoms with Crippen molar-refractivity contribution in [3.05, 3.63) is 69.5 Å². The quantitative estimate of drug-likeness (QED) is 0.552. The second kappa shape index (κ2) is 11.1. The van der Waals surface area contributed by atoms with Gasteiger partial charge in [0.25, 0.3) is 0 Å². The number of piperazine rings is 1. The molecular formula is C25H29Cl2FN4O4S. The number of halogens is 3. The largest absolute Gasteiger partial charge is 0.340 e. The molecule has 0 radical (unpaired) electrons. The number of hydrogen-bond acceptors (Lipinski definition) is 4. The van der Waals surface area contributed by atoms with Gasteiger partial charge in [0.05, 0.1) is 28.8 Å². The van der Waals surface area contributed by atoms with Crippen LogP contribution < -0.4 is 0 Å². The number of nitrogens with zero attached hydrogens (tertiary/aromatic N) is 4. The average molecular weight is 572 g/mol. The number of rotatable bonds is 5. The van der Waals surface area contributed by atoms with Crippen LogP contribution in [0, 0.1) is 5.82 Å². The molecule has 0 spiro atoms. The molecule has 200 valence electrons. The first-order valence-electron chi connectivity index (χ1n) is 11.9. The Morgan fingerprint density at radius 2 is 1.62 bits per heavy atom. The lowest BCUT2D eigenvalue weighted by atomic mass is 9.93. The summed E-state index contributed by atoms with van der Waals surface area (Å²) >= 11 is 12.4. The summed E-state index contributed by atoms with van der Waals surface area (Å²) in [5.41, 5.74) is 1.55. The predicted octanol–water partition coefficient (Wildman–Crippen LogP) is 3.30. The molecule has 2 aliphatic heterocycles. The van der Waals surface area contributed by atoms with Gasteiger partial charge in [-0.1, -0.05) is 41.4 Å². The fourth-order valence-electron chi connectivity index (χ4n) is 4.90. The Labute approximate surface area is 226 Å². The molecule has 12 heteroatoms. The summed E-state index contributed by atoms with van der Waals surface area (Å²) in [6.07, 6.45) is 1.26. The van der Waals surface area contributed by atoms with E-state index in [1.165, 1.54) is 16.4 Å². The number of hydrogen-bond donors (Lipinski definition) is 0. The van der Waals surface area contributed by atoms with Crippen molar-refractivity contribution in [1.29, 1.82) is 0 Å². The molecule has 2 aromatic carbocycles. The number of carbonyl (C=O) groups is 2. The Hall–Kier alpha value is -2.40. The second-order valence-corrected chi connectivity index (χ2v) is 12.3. The van der Waals surface area contributed by atoms with E-state index in [-0.39, 0.29) is 49.2 Å². The maximum atomic E-state index is 13.4. The summed E-state index contributed by atoms with van der Waals surface area (Å²) in [4.78, 5) is 31.6. The molecule has 2 saturated heterocycles. The first-order chi connectivity index (χ1) is 17.4. The first-order valence-corrected chi connectivity index (χ1v) is 14.5. The van der Waals surface area contributed by atoms with E-state index >= 15 is 0 Å². The Morgan fingerprint density at radius 3 is 2.22 bits per heavy atom. The van der Waals surface area contributed by atoms with E-state index in [9.17, 15) is 22.4 Å². The zero-order valence-electron chi connectivity index (χ0n) is 20.6. The number of urea groups is 1. The van der Waals surface area contributed by atoms with Crippen LogP contribution in [-0.4, -0.2) is 98.0 Å². The molecule has 2 heterocycles. The molecular weight excluding hydrogens is 542 g/mol. The minimum Gasteiger partial charge on any atom is -0.340 e. The molecule has 3 amide bonds. The summed E-state index contributed by atoms with van der Waals surface area (Å²) in [7, 11) is -1.60. The van der Waals surface area contributed by atoms with E-state index in [4.69, 9.17) is 23.2 Å². The van der Waals surface area contributed by atoms with Crippen LogP contribution in [0.1, 0.15) is 17.0 Å². The fourth-order valence-corrected chi connectivity index (χ4v) is 6.04. The Balaban J connectivity index is 1.52. The van der Waals surface area contributed by atoms with E-state index in [0.717, 1.165) is 11.8 Å². The predicted molar refractivity (Wildman–Crippen MR) is 141 cm³/mol. The Morgan fingerprint density at radius 1 is 0.973 bits per heavy atom. The van der Waals surface area contributed by atoms with Gasteiger partial charge < -0.3 is 14.7 Å². The zero-order valence-corrected chi connectivity index (χ0v) is 22.9. The highest BCUT2D eigenvalue weighted by Gasteiger charge is 2.42. The van der Waals surface area contributed by atoms with Gasteiger partial charge in [-0.15, -0.1) is 0 Å². The van der Waals surface area contributed by atoms with Gasteiger partial charge in [-0.25, -0.2) is 17.6 Å². The van der Waals surface area contributed by atoms with Crippen molar-refractivity contribution in [2.45, 2.75) is 18.4 Å². The van der Waals surface area contributed by atoms with Gasteiger partial charge in [0, 0.05) is 52.2 Å². The summed E-state index contributed by atoms with van der Waals surface area (Å²) < 4.78 is 38.3. The maximum Gasteiger partial charge on any atom is 0.320 e. The summed E-state index contributed by atoms with van der Waals surface area (Å²) in [5.74, 6) is -0.734. The monoisotopic (exact) mass is 570 g/mol. The van der Waals surface area contributed by atoms with Crippen molar-refractivity contribution in [1.82, 2.24) is 19.0 Å². The molecule has 0 aromatic heterocycles. The zero-order chi connectivity index (χ0) is 26.9. The molecule has 0 saturated carbocycles. The first kappa shape index (κ1) is 27.6. The van der Waals surface area contributed by atoms with Crippen LogP contribution in [0.3, 0.4) is 0 Å². The normalized spacial score (nSPS) is 20.8. The second-order valence-electron chi connectivity index (χ2n) is 9.49. The molecule has 0 N–H and O–H groups in total. The van der Waals surface area contributed by atoms with Crippen molar-refractivity contribution >= 4 is 45.2 Å². The van der Waals surface area contributed by atoms with Crippen molar-refractivity contribution in [3.8, 4) is 0 Å². The van der Waals surface area contributed by atoms with E-state index in [2.05, 4.69) is 0 Å². The lowest BCUT2D eigenvalue weighted by molar-refractivity contribution is -0.131. The van der Waals surface area contributed by atoms with Gasteiger partial charge >= 0.3 is 6.03 Å². The highest BCUT2D eigenvalue weighted by molar-refractivity contribution is 7.88. The molecule has 0 bridgehead atoms. The smallest absolute Gasteiger partial charge is 0.320 e. The molecule has 2 aliphatic rings. The van der Waals surface area contributed by atoms with Gasteiger partial charge in [0.2, 0.25) is 15.9 Å². The highest BCUT2D eigenvalue weighted by atomic mass is 35.5. The third-order valence-corrected chi connectivity index (χ3v) is 9.11. The van der Waals surface area contributed by atoms with E-state index in [1.807, 2.05) is 6.07 Å². The lowest BCUT2D eigenvalue weighted by Crippen LogP contribution is -2.53. The standard InChI is InChI=1S/C25H29Cl2FN4O4S/c1-29(24(33)13-17-3-6-19(28)7-4-17)23-16-31(15-20(23)18-5-8-21(26)22(27)14-18)25(34)30-9-11-32(12-10-30)37(2,35)36/h3-8,14,20,23H,9-13,15-16H2,1-2H3. The van der Waals surface area contributed by atoms with Crippen molar-refractivity contribution in [2.24, 2.45) is 0 Å². The molecule has 2 atom stereocenters. The van der Waals surface area contributed by atoms with Crippen LogP contribution in [0.15, 0.2) is 42.5 Å². The number of sulfonamides is 1. The molecule has 4 rings (SSSR count). The minimum atomic E-state index is -3.31. The van der Waals surface area contributed by atoms with Crippen LogP contribution in [0.2, 0.25) is 10.0 Å². The lowest BCUT2D eigenvalue weighted by Gasteiger charge is -2.35. The van der Waals surface area contributed by atoms with Crippen molar-refractivity contribution < 1.29 is 22.4 Å². The number of amides is 3. The van der Waals surface area contributed by atoms with Gasteiger partial charge in [-0.2, -0.15) is 4.31 Å². The third kappa shape index (κ3) is 6.37. The fraction of sp³-hybridized carbons (Fsp3) is 0.440. The van der Waals surface area contributed by atoms with Crippen LogP contribution >= 0.6 is 23.2 Å². The van der Waals surface area contributed by atoms with E-state index in [0.29, 0.717) is 41.8 Å². The molecule has 0 aliphatic carbocycles. The average Bonchev–Trinajstić information content (AvgIpc) is 3.31. The van der Waals surface area contributed by atoms with Gasteiger partial charge in [-0.05, 0) is 35.4 Å². The maximum absolute atomic E-state index is 13.4. The van der Waals surface area contributed by atoms with Crippen molar-refractivity contribution in [2.75, 3.05) is 52.6 Å². The molecule has 8 nitrogen and oxygen atoms in total. The minimum absolute atomic E-state index is 0.1000. The van der Waals surface area contributed by atoms with Crippen molar-refractivity contribution in [3.63, 3.8) is 0 Å². The number of carbonyl (C=O) groups excluding carboxylic acids is 2. The van der Waals surface area contributed by atoms with E-state index < -0.39 is 10.0 Å². The van der Waals surface area contributed by atoms with Crippen LogP contribution in [0.5, 0.6) is 0 Å². The van der Waals surface area contributed by atoms with Gasteiger partial charge in [0.15, 0.2) is 0 Å². The van der Waals surface area contributed by atoms with E-state index in [1.54, 1.807) is 46.0 Å². The summed E-state index contributed by atoms with van der Waals surface area (Å²) in [6.45, 7) is 1.75. The molecule has 2 fully saturated rings. The molecule has 37 heavy (non-hydrogen) atoms. The molecule has 2 unspecified atom stereocenters. The summed E-state index contributed by atoms with van der Waals surface area (Å²) in [5, 5.41) is 0.803. The highest BCUT2D eigenvalue weighted by Crippen LogP contribution is 2.35. The van der Waals surface area contributed by atoms with Gasteiger partial charge in [0.1, 0.15) is 5.82 Å². The van der Waals surface area contributed by atoms with Gasteiger partial charge in [-0.3, -0.25) is 4.79 Å². The van der Waals surface area contributed by atoms with Crippen LogP contribution in [0.4, 0.5) is 9.18 Å². The Bertz CT molecular complexity index is 1270. The molecule has 2 aromatic rings.